The Balaban J connectivity index is 2.07. The van der Waals surface area contributed by atoms with Crippen molar-refractivity contribution in [1.29, 1.82) is 0 Å². The van der Waals surface area contributed by atoms with Crippen molar-refractivity contribution in [1.82, 2.24) is 0 Å². The van der Waals surface area contributed by atoms with E-state index < -0.39 is 42.3 Å². The second-order valence-electron chi connectivity index (χ2n) is 7.64. The van der Waals surface area contributed by atoms with Gasteiger partial charge >= 0.3 is 17.9 Å². The van der Waals surface area contributed by atoms with Gasteiger partial charge in [0.15, 0.2) is 0 Å². The number of nitrogens with zero attached hydrogens (tertiary/aromatic N) is 1. The number of methoxy groups -OCH3 is 1. The summed E-state index contributed by atoms with van der Waals surface area (Å²) in [5.74, 6) is -1.23. The molecule has 9 nitrogen and oxygen atoms in total. The topological polar surface area (TPSA) is 101 Å². The van der Waals surface area contributed by atoms with Gasteiger partial charge in [0.2, 0.25) is 0 Å². The Kier molecular flexibility index (Phi) is 7.40. The molecule has 2 bridgehead atoms. The summed E-state index contributed by atoms with van der Waals surface area (Å²) in [6, 6.07) is 7.38. The molecule has 1 aromatic rings. The van der Waals surface area contributed by atoms with E-state index in [0.29, 0.717) is 23.4 Å². The molecule has 1 aromatic carbocycles. The molecule has 9 heteroatoms. The first kappa shape index (κ1) is 23.6. The molecule has 1 fully saturated rings. The minimum atomic E-state index is -0.796. The molecule has 0 radical (unpaired) electrons. The predicted molar refractivity (Wildman–Crippen MR) is 114 cm³/mol. The highest BCUT2D eigenvalue weighted by molar-refractivity contribution is 5.91. The first-order valence-electron chi connectivity index (χ1n) is 10.5. The quantitative estimate of drug-likeness (QED) is 0.461. The van der Waals surface area contributed by atoms with Gasteiger partial charge in [-0.25, -0.2) is 4.79 Å². The van der Waals surface area contributed by atoms with E-state index in [4.69, 9.17) is 23.7 Å². The Morgan fingerprint density at radius 2 is 1.78 bits per heavy atom. The fourth-order valence-corrected chi connectivity index (χ4v) is 4.30. The van der Waals surface area contributed by atoms with Crippen LogP contribution in [-0.4, -0.2) is 56.7 Å². The molecule has 2 aliphatic rings. The largest absolute Gasteiger partial charge is 0.497 e. The summed E-state index contributed by atoms with van der Waals surface area (Å²) < 4.78 is 27.6. The van der Waals surface area contributed by atoms with Crippen molar-refractivity contribution < 1.29 is 38.1 Å². The first-order chi connectivity index (χ1) is 15.3. The lowest BCUT2D eigenvalue weighted by atomic mass is 9.80. The fourth-order valence-electron chi connectivity index (χ4n) is 4.30. The smallest absolute Gasteiger partial charge is 0.336 e. The highest BCUT2D eigenvalue weighted by Gasteiger charge is 2.51. The zero-order valence-corrected chi connectivity index (χ0v) is 19.0. The van der Waals surface area contributed by atoms with Gasteiger partial charge in [-0.1, -0.05) is 0 Å². The van der Waals surface area contributed by atoms with Crippen LogP contribution in [-0.2, 0) is 33.3 Å². The highest BCUT2D eigenvalue weighted by Crippen LogP contribution is 2.44. The molecule has 0 saturated carbocycles. The Bertz CT molecular complexity index is 894. The molecule has 0 spiro atoms. The van der Waals surface area contributed by atoms with Crippen LogP contribution in [0, 0.1) is 5.92 Å². The number of allylic oxidation sites excluding steroid dienone is 1. The Morgan fingerprint density at radius 1 is 1.09 bits per heavy atom. The number of benzene rings is 1. The molecule has 2 aliphatic heterocycles. The maximum absolute atomic E-state index is 13.0. The van der Waals surface area contributed by atoms with Crippen molar-refractivity contribution in [2.45, 2.75) is 52.6 Å². The number of carbonyl (C=O) groups excluding carboxylic acids is 3. The van der Waals surface area contributed by atoms with Crippen LogP contribution in [0.5, 0.6) is 5.75 Å². The number of esters is 3. The number of ether oxygens (including phenoxy) is 5. The Labute approximate surface area is 187 Å². The van der Waals surface area contributed by atoms with Crippen molar-refractivity contribution in [3.8, 4) is 5.75 Å². The van der Waals surface area contributed by atoms with E-state index in [1.165, 1.54) is 13.8 Å². The molecular formula is C23H29NO8. The summed E-state index contributed by atoms with van der Waals surface area (Å²) in [5.41, 5.74) is 1.87. The van der Waals surface area contributed by atoms with Crippen LogP contribution in [0.3, 0.4) is 0 Å². The molecule has 1 saturated heterocycles. The monoisotopic (exact) mass is 447 g/mol. The third kappa shape index (κ3) is 4.88. The third-order valence-electron chi connectivity index (χ3n) is 5.56. The van der Waals surface area contributed by atoms with Gasteiger partial charge in [0.1, 0.15) is 30.8 Å². The maximum Gasteiger partial charge on any atom is 0.336 e. The zero-order chi connectivity index (χ0) is 23.4. The summed E-state index contributed by atoms with van der Waals surface area (Å²) >= 11 is 0. The fraction of sp³-hybridized carbons (Fsp3) is 0.522. The van der Waals surface area contributed by atoms with Crippen molar-refractivity contribution in [2.75, 3.05) is 25.2 Å². The summed E-state index contributed by atoms with van der Waals surface area (Å²) in [5, 5.41) is 0. The van der Waals surface area contributed by atoms with Gasteiger partial charge in [-0.05, 0) is 38.1 Å². The number of fused-ring (bicyclic) bond motifs is 2. The third-order valence-corrected chi connectivity index (χ3v) is 5.56. The molecule has 3 rings (SSSR count). The Hall–Kier alpha value is -3.07. The van der Waals surface area contributed by atoms with Crippen LogP contribution >= 0.6 is 0 Å². The van der Waals surface area contributed by atoms with Gasteiger partial charge in [-0.3, -0.25) is 9.59 Å². The van der Waals surface area contributed by atoms with E-state index in [9.17, 15) is 14.4 Å². The molecule has 0 unspecified atom stereocenters. The van der Waals surface area contributed by atoms with E-state index >= 15 is 0 Å². The van der Waals surface area contributed by atoms with E-state index in [1.54, 1.807) is 14.0 Å². The van der Waals surface area contributed by atoms with Crippen molar-refractivity contribution in [3.05, 3.63) is 35.5 Å². The molecule has 32 heavy (non-hydrogen) atoms. The van der Waals surface area contributed by atoms with Gasteiger partial charge in [0.25, 0.3) is 0 Å². The van der Waals surface area contributed by atoms with Crippen LogP contribution in [0.4, 0.5) is 5.69 Å². The average Bonchev–Trinajstić information content (AvgIpc) is 2.74. The molecule has 174 valence electrons. The lowest BCUT2D eigenvalue weighted by molar-refractivity contribution is -0.193. The van der Waals surface area contributed by atoms with Crippen molar-refractivity contribution in [2.24, 2.45) is 5.92 Å². The minimum Gasteiger partial charge on any atom is -0.497 e. The lowest BCUT2D eigenvalue weighted by Gasteiger charge is -2.50. The van der Waals surface area contributed by atoms with Crippen LogP contribution in [0.15, 0.2) is 35.5 Å². The normalized spacial score (nSPS) is 24.6. The minimum absolute atomic E-state index is 0.105. The molecule has 0 aliphatic carbocycles. The molecule has 4 atom stereocenters. The number of rotatable bonds is 7. The SMILES string of the molecule is CCOC(=O)C1=C(C)N(c2ccc(OC)cc2)[C@H]2C[C@@H]1[C@H](OC(C)=O)[C@@H](COC(C)=O)O2. The van der Waals surface area contributed by atoms with E-state index in [-0.39, 0.29) is 13.2 Å². The average molecular weight is 447 g/mol. The number of hydrogen-bond acceptors (Lipinski definition) is 9. The van der Waals surface area contributed by atoms with Crippen LogP contribution in [0.2, 0.25) is 0 Å². The second-order valence-corrected chi connectivity index (χ2v) is 7.64. The lowest BCUT2D eigenvalue weighted by Crippen LogP contribution is -2.58. The molecule has 0 N–H and O–H groups in total. The standard InChI is InChI=1S/C23H29NO8/c1-6-29-23(27)21-13(2)24(16-7-9-17(28-5)10-8-16)20-11-18(21)22(31-15(4)26)19(32-20)12-30-14(3)25/h7-10,18-20,22H,6,11-12H2,1-5H3/t18-,19+,20+,22-/m0/s1. The van der Waals surface area contributed by atoms with Crippen molar-refractivity contribution in [3.63, 3.8) is 0 Å². The van der Waals surface area contributed by atoms with Crippen LogP contribution < -0.4 is 9.64 Å². The Morgan fingerprint density at radius 3 is 2.34 bits per heavy atom. The van der Waals surface area contributed by atoms with E-state index in [2.05, 4.69) is 0 Å². The van der Waals surface area contributed by atoms with Gasteiger partial charge in [-0.15, -0.1) is 0 Å². The van der Waals surface area contributed by atoms with Crippen LogP contribution in [0.25, 0.3) is 0 Å². The summed E-state index contributed by atoms with van der Waals surface area (Å²) in [6.07, 6.45) is -1.61. The van der Waals surface area contributed by atoms with E-state index in [0.717, 1.165) is 5.69 Å². The zero-order valence-electron chi connectivity index (χ0n) is 19.0. The van der Waals surface area contributed by atoms with Crippen LogP contribution in [0.1, 0.15) is 34.1 Å². The molecular weight excluding hydrogens is 418 g/mol. The van der Waals surface area contributed by atoms with Gasteiger partial charge in [0.05, 0.1) is 19.3 Å². The second kappa shape index (κ2) is 10.0. The molecule has 0 amide bonds. The summed E-state index contributed by atoms with van der Waals surface area (Å²) in [7, 11) is 1.59. The number of hydrogen-bond donors (Lipinski definition) is 0. The first-order valence-corrected chi connectivity index (χ1v) is 10.5. The molecule has 0 aromatic heterocycles. The van der Waals surface area contributed by atoms with E-state index in [1.807, 2.05) is 36.1 Å². The summed E-state index contributed by atoms with van der Waals surface area (Å²) in [4.78, 5) is 38.2. The number of anilines is 1. The number of carbonyl (C=O) groups is 3. The van der Waals surface area contributed by atoms with Gasteiger partial charge < -0.3 is 28.6 Å². The predicted octanol–water partition coefficient (Wildman–Crippen LogP) is 2.58. The summed E-state index contributed by atoms with van der Waals surface area (Å²) in [6.45, 7) is 6.24. The highest BCUT2D eigenvalue weighted by atomic mass is 16.6. The van der Waals surface area contributed by atoms with Gasteiger partial charge in [-0.2, -0.15) is 0 Å². The molecule has 2 heterocycles. The maximum atomic E-state index is 13.0. The van der Waals surface area contributed by atoms with Gasteiger partial charge in [0, 0.05) is 37.6 Å². The van der Waals surface area contributed by atoms with Crippen molar-refractivity contribution >= 4 is 23.6 Å².